The van der Waals surface area contributed by atoms with Crippen LogP contribution in [0.1, 0.15) is 30.4 Å². The number of Topliss-reactive ketones (excluding diaryl/α,β-unsaturated/α-hetero) is 1. The molecule has 0 aromatic heterocycles. The smallest absolute Gasteiger partial charge is 0.173 e. The Kier molecular flexibility index (Phi) is 3.22. The first-order valence-electron chi connectivity index (χ1n) is 8.35. The maximum atomic E-state index is 12.5. The number of ether oxygens (including phenoxy) is 1. The molecule has 5 nitrogen and oxygen atoms in total. The second-order valence-electron chi connectivity index (χ2n) is 7.29. The van der Waals surface area contributed by atoms with Gasteiger partial charge >= 0.3 is 0 Å². The van der Waals surface area contributed by atoms with E-state index in [9.17, 15) is 15.0 Å². The van der Waals surface area contributed by atoms with Crippen molar-refractivity contribution in [3.8, 4) is 11.5 Å². The van der Waals surface area contributed by atoms with Crippen LogP contribution in [0.2, 0.25) is 0 Å². The van der Waals surface area contributed by atoms with E-state index in [-0.39, 0.29) is 23.5 Å². The zero-order valence-corrected chi connectivity index (χ0v) is 13.6. The summed E-state index contributed by atoms with van der Waals surface area (Å²) in [7, 11) is 2.04. The van der Waals surface area contributed by atoms with Crippen LogP contribution in [0.4, 0.5) is 0 Å². The van der Waals surface area contributed by atoms with E-state index in [0.717, 1.165) is 24.1 Å². The Morgan fingerprint density at radius 2 is 2.17 bits per heavy atom. The Labute approximate surface area is 135 Å². The monoisotopic (exact) mass is 317 g/mol. The van der Waals surface area contributed by atoms with Gasteiger partial charge in [0.25, 0.3) is 0 Å². The number of hydrogen-bond donors (Lipinski definition) is 2. The molecule has 2 fully saturated rings. The summed E-state index contributed by atoms with van der Waals surface area (Å²) in [5.74, 6) is 0.297. The lowest BCUT2D eigenvalue weighted by molar-refractivity contribution is -0.174. The van der Waals surface area contributed by atoms with Gasteiger partial charge in [-0.1, -0.05) is 6.07 Å². The minimum Gasteiger partial charge on any atom is -0.504 e. The summed E-state index contributed by atoms with van der Waals surface area (Å²) in [6, 6.07) is 3.50. The summed E-state index contributed by atoms with van der Waals surface area (Å²) < 4.78 is 6.03. The largest absolute Gasteiger partial charge is 0.504 e. The van der Waals surface area contributed by atoms with E-state index in [1.807, 2.05) is 20.0 Å². The number of aliphatic hydroxyl groups is 1. The van der Waals surface area contributed by atoms with Crippen LogP contribution in [0.3, 0.4) is 0 Å². The van der Waals surface area contributed by atoms with Crippen molar-refractivity contribution >= 4 is 5.78 Å². The number of carbonyl (C=O) groups excluding carboxylic acids is 1. The van der Waals surface area contributed by atoms with Gasteiger partial charge in [-0.05, 0) is 57.0 Å². The molecular formula is C18H23NO4. The molecule has 1 aliphatic carbocycles. The fourth-order valence-electron chi connectivity index (χ4n) is 4.74. The lowest BCUT2D eigenvalue weighted by atomic mass is 9.64. The number of aromatic hydroxyl groups is 1. The third-order valence-electron chi connectivity index (χ3n) is 6.15. The van der Waals surface area contributed by atoms with Crippen LogP contribution < -0.4 is 4.74 Å². The van der Waals surface area contributed by atoms with Gasteiger partial charge in [-0.3, -0.25) is 4.79 Å². The maximum Gasteiger partial charge on any atom is 0.173 e. The third kappa shape index (κ3) is 2.03. The lowest BCUT2D eigenvalue weighted by Gasteiger charge is -2.53. The van der Waals surface area contributed by atoms with Crippen LogP contribution >= 0.6 is 0 Å². The predicted octanol–water partition coefficient (Wildman–Crippen LogP) is 1.42. The van der Waals surface area contributed by atoms with E-state index < -0.39 is 11.7 Å². The molecule has 3 aliphatic rings. The highest BCUT2D eigenvalue weighted by Gasteiger charge is 2.57. The molecule has 4 atom stereocenters. The van der Waals surface area contributed by atoms with Crippen molar-refractivity contribution in [3.63, 3.8) is 0 Å². The molecule has 124 valence electrons. The Morgan fingerprint density at radius 1 is 1.39 bits per heavy atom. The van der Waals surface area contributed by atoms with E-state index in [1.165, 1.54) is 0 Å². The third-order valence-corrected chi connectivity index (χ3v) is 6.15. The number of ketones is 1. The molecule has 2 aliphatic heterocycles. The quantitative estimate of drug-likeness (QED) is 0.757. The molecule has 0 spiro atoms. The summed E-state index contributed by atoms with van der Waals surface area (Å²) in [6.07, 6.45) is 1.59. The molecule has 1 saturated carbocycles. The average molecular weight is 317 g/mol. The van der Waals surface area contributed by atoms with Crippen LogP contribution in [0.15, 0.2) is 12.1 Å². The van der Waals surface area contributed by atoms with Gasteiger partial charge in [0, 0.05) is 18.4 Å². The number of phenolic OH excluding ortho intramolecular Hbond substituents is 1. The highest BCUT2D eigenvalue weighted by molar-refractivity contribution is 5.85. The number of fused-ring (bicyclic) bond motifs is 2. The first-order chi connectivity index (χ1) is 10.9. The van der Waals surface area contributed by atoms with Crippen molar-refractivity contribution in [1.82, 2.24) is 4.90 Å². The van der Waals surface area contributed by atoms with E-state index >= 15 is 0 Å². The van der Waals surface area contributed by atoms with Crippen LogP contribution in [0.25, 0.3) is 0 Å². The number of rotatable bonds is 0. The van der Waals surface area contributed by atoms with Crippen molar-refractivity contribution in [2.75, 3.05) is 13.6 Å². The van der Waals surface area contributed by atoms with Gasteiger partial charge in [-0.25, -0.2) is 0 Å². The fourth-order valence-corrected chi connectivity index (χ4v) is 4.74. The summed E-state index contributed by atoms with van der Waals surface area (Å²) >= 11 is 0. The van der Waals surface area contributed by atoms with Gasteiger partial charge in [-0.15, -0.1) is 0 Å². The number of likely N-dealkylation sites (tertiary alicyclic amines) is 1. The number of hydrogen-bond acceptors (Lipinski definition) is 5. The second kappa shape index (κ2) is 4.95. The number of benzene rings is 1. The molecule has 1 saturated heterocycles. The normalized spacial score (nSPS) is 36.7. The van der Waals surface area contributed by atoms with E-state index in [0.29, 0.717) is 25.0 Å². The van der Waals surface area contributed by atoms with Gasteiger partial charge in [0.15, 0.2) is 23.4 Å². The molecule has 0 amide bonds. The lowest BCUT2D eigenvalue weighted by Crippen LogP contribution is -2.67. The zero-order valence-electron chi connectivity index (χ0n) is 13.6. The summed E-state index contributed by atoms with van der Waals surface area (Å²) in [5.41, 5.74) is 1.01. The van der Waals surface area contributed by atoms with Crippen molar-refractivity contribution in [1.29, 1.82) is 0 Å². The fraction of sp³-hybridized carbons (Fsp3) is 0.611. The summed E-state index contributed by atoms with van der Waals surface area (Å²) in [6.45, 7) is 2.75. The average Bonchev–Trinajstić information content (AvgIpc) is 2.51. The molecular weight excluding hydrogens is 294 g/mol. The number of piperidine rings is 1. The Bertz CT molecular complexity index is 673. The molecule has 2 heterocycles. The van der Waals surface area contributed by atoms with E-state index in [1.54, 1.807) is 6.07 Å². The van der Waals surface area contributed by atoms with Gasteiger partial charge in [0.2, 0.25) is 0 Å². The van der Waals surface area contributed by atoms with Crippen LogP contribution in [-0.4, -0.2) is 52.2 Å². The Hall–Kier alpha value is -1.59. The van der Waals surface area contributed by atoms with Crippen molar-refractivity contribution < 1.29 is 19.7 Å². The summed E-state index contributed by atoms with van der Waals surface area (Å²) in [4.78, 5) is 14.7. The highest BCUT2D eigenvalue weighted by atomic mass is 16.5. The van der Waals surface area contributed by atoms with Crippen LogP contribution in [-0.2, 0) is 11.2 Å². The molecule has 6 bridgehead atoms. The second-order valence-corrected chi connectivity index (χ2v) is 7.29. The minimum absolute atomic E-state index is 0.0327. The van der Waals surface area contributed by atoms with Crippen LogP contribution in [0.5, 0.6) is 11.5 Å². The number of phenols is 1. The van der Waals surface area contributed by atoms with Gasteiger partial charge < -0.3 is 19.8 Å². The number of nitrogens with zero attached hydrogens (tertiary/aromatic N) is 1. The first kappa shape index (κ1) is 15.0. The molecule has 0 radical (unpaired) electrons. The van der Waals surface area contributed by atoms with Crippen molar-refractivity contribution in [2.45, 2.75) is 50.4 Å². The first-order valence-corrected chi connectivity index (χ1v) is 8.35. The molecule has 5 heteroatoms. The number of carbonyl (C=O) groups is 1. The van der Waals surface area contributed by atoms with Gasteiger partial charge in [0.1, 0.15) is 0 Å². The minimum atomic E-state index is -0.916. The number of likely N-dealkylation sites (N-methyl/N-ethyl adjacent to an activating group) is 1. The van der Waals surface area contributed by atoms with E-state index in [2.05, 4.69) is 4.90 Å². The van der Waals surface area contributed by atoms with Crippen molar-refractivity contribution in [2.24, 2.45) is 5.92 Å². The topological polar surface area (TPSA) is 70.0 Å². The molecule has 4 rings (SSSR count). The SMILES string of the molecule is Cc1c2ccc(O)c1O[C@H]1C(=O)CC[C@]3(O)[C@@H]1CCN(C)[C@@H]3C2. The predicted molar refractivity (Wildman–Crippen MR) is 84.7 cm³/mol. The summed E-state index contributed by atoms with van der Waals surface area (Å²) in [5, 5.41) is 21.7. The molecule has 0 unspecified atom stereocenters. The van der Waals surface area contributed by atoms with Crippen LogP contribution in [0, 0.1) is 12.8 Å². The zero-order chi connectivity index (χ0) is 16.4. The molecule has 1 aromatic carbocycles. The van der Waals surface area contributed by atoms with Crippen molar-refractivity contribution in [3.05, 3.63) is 23.3 Å². The Balaban J connectivity index is 1.92. The van der Waals surface area contributed by atoms with E-state index in [4.69, 9.17) is 4.74 Å². The highest BCUT2D eigenvalue weighted by Crippen LogP contribution is 2.47. The molecule has 23 heavy (non-hydrogen) atoms. The Morgan fingerprint density at radius 3 is 2.96 bits per heavy atom. The van der Waals surface area contributed by atoms with Gasteiger partial charge in [0.05, 0.1) is 5.60 Å². The molecule has 2 N–H and O–H groups in total. The van der Waals surface area contributed by atoms with Gasteiger partial charge in [-0.2, -0.15) is 0 Å². The molecule has 1 aromatic rings. The standard InChI is InChI=1S/C18H23NO4/c1-10-11-3-4-13(20)16(10)23-17-12-6-8-19(2)15(9-11)18(12,22)7-5-14(17)21/h3-4,12,15,17,20,22H,5-9H2,1-2H3/t12-,15-,17-,18+/m1/s1. The maximum absolute atomic E-state index is 12.5.